The minimum absolute atomic E-state index is 0.369. The van der Waals surface area contributed by atoms with Crippen LogP contribution in [0.4, 0.5) is 19.1 Å². The van der Waals surface area contributed by atoms with Gasteiger partial charge in [-0.1, -0.05) is 72.8 Å². The van der Waals surface area contributed by atoms with Gasteiger partial charge in [0, 0.05) is 18.2 Å². The van der Waals surface area contributed by atoms with Crippen molar-refractivity contribution in [3.05, 3.63) is 102 Å². The first-order valence-electron chi connectivity index (χ1n) is 9.85. The fraction of sp³-hybridized carbons (Fsp3) is 0.0800. The second-order valence-electron chi connectivity index (χ2n) is 7.06. The van der Waals surface area contributed by atoms with Gasteiger partial charge in [0.2, 0.25) is 5.95 Å². The van der Waals surface area contributed by atoms with Gasteiger partial charge < -0.3 is 0 Å². The molecule has 32 heavy (non-hydrogen) atoms. The highest BCUT2D eigenvalue weighted by Gasteiger charge is 2.29. The van der Waals surface area contributed by atoms with Gasteiger partial charge in [-0.3, -0.25) is 0 Å². The van der Waals surface area contributed by atoms with Crippen molar-refractivity contribution < 1.29 is 13.2 Å². The standard InChI is InChI=1S/C25H19F3N4/c1-32(29-17-18-12-14-21(15-13-18)25(26,27)28)24-30-22(19-8-4-2-5-9-19)16-23(31-24)20-10-6-3-7-11-20/h2-17H,1H3/b29-17+. The highest BCUT2D eigenvalue weighted by atomic mass is 19.4. The van der Waals surface area contributed by atoms with E-state index in [1.807, 2.05) is 66.7 Å². The summed E-state index contributed by atoms with van der Waals surface area (Å²) in [5.41, 5.74) is 3.20. The monoisotopic (exact) mass is 432 g/mol. The van der Waals surface area contributed by atoms with Crippen LogP contribution < -0.4 is 5.01 Å². The number of anilines is 1. The van der Waals surface area contributed by atoms with E-state index in [0.717, 1.165) is 34.6 Å². The molecule has 0 aliphatic heterocycles. The highest BCUT2D eigenvalue weighted by molar-refractivity contribution is 5.80. The Morgan fingerprint density at radius 2 is 1.25 bits per heavy atom. The van der Waals surface area contributed by atoms with Crippen LogP contribution in [0.25, 0.3) is 22.5 Å². The van der Waals surface area contributed by atoms with Crippen LogP contribution >= 0.6 is 0 Å². The molecular weight excluding hydrogens is 413 g/mol. The van der Waals surface area contributed by atoms with Crippen molar-refractivity contribution in [2.45, 2.75) is 6.18 Å². The van der Waals surface area contributed by atoms with Crippen molar-refractivity contribution in [2.24, 2.45) is 5.10 Å². The average molecular weight is 432 g/mol. The summed E-state index contributed by atoms with van der Waals surface area (Å²) in [6.07, 6.45) is -2.90. The first-order valence-corrected chi connectivity index (χ1v) is 9.85. The normalized spacial score (nSPS) is 11.6. The number of hydrazone groups is 1. The molecule has 3 aromatic carbocycles. The Morgan fingerprint density at radius 3 is 1.72 bits per heavy atom. The van der Waals surface area contributed by atoms with Gasteiger partial charge in [-0.2, -0.15) is 18.3 Å². The minimum atomic E-state index is -4.37. The first kappa shape index (κ1) is 21.2. The molecule has 0 saturated heterocycles. The molecule has 0 atom stereocenters. The number of benzene rings is 3. The predicted molar refractivity (Wildman–Crippen MR) is 120 cm³/mol. The number of alkyl halides is 3. The van der Waals surface area contributed by atoms with Crippen LogP contribution in [0, 0.1) is 0 Å². The van der Waals surface area contributed by atoms with Gasteiger partial charge in [0.15, 0.2) is 0 Å². The molecule has 1 aromatic heterocycles. The van der Waals surface area contributed by atoms with Crippen LogP contribution in [0.1, 0.15) is 11.1 Å². The van der Waals surface area contributed by atoms with E-state index in [2.05, 4.69) is 15.1 Å². The van der Waals surface area contributed by atoms with E-state index >= 15 is 0 Å². The van der Waals surface area contributed by atoms with Crippen LogP contribution in [0.5, 0.6) is 0 Å². The van der Waals surface area contributed by atoms with Gasteiger partial charge in [-0.15, -0.1) is 0 Å². The predicted octanol–water partition coefficient (Wildman–Crippen LogP) is 6.30. The molecule has 4 rings (SSSR count). The fourth-order valence-corrected chi connectivity index (χ4v) is 3.06. The molecule has 0 amide bonds. The number of hydrogen-bond donors (Lipinski definition) is 0. The molecule has 0 spiro atoms. The Labute approximate surface area is 183 Å². The summed E-state index contributed by atoms with van der Waals surface area (Å²) >= 11 is 0. The second kappa shape index (κ2) is 9.01. The summed E-state index contributed by atoms with van der Waals surface area (Å²) in [6.45, 7) is 0. The summed E-state index contributed by atoms with van der Waals surface area (Å²) in [6, 6.07) is 26.2. The molecule has 0 saturated carbocycles. The molecule has 0 N–H and O–H groups in total. The number of hydrogen-bond acceptors (Lipinski definition) is 4. The first-order chi connectivity index (χ1) is 15.4. The third-order valence-electron chi connectivity index (χ3n) is 4.76. The summed E-state index contributed by atoms with van der Waals surface area (Å²) in [7, 11) is 1.69. The van der Waals surface area contributed by atoms with E-state index in [1.165, 1.54) is 23.4 Å². The molecule has 1 heterocycles. The zero-order valence-corrected chi connectivity index (χ0v) is 17.2. The average Bonchev–Trinajstić information content (AvgIpc) is 2.83. The molecule has 0 unspecified atom stereocenters. The molecule has 0 fully saturated rings. The van der Waals surface area contributed by atoms with Crippen molar-refractivity contribution in [3.8, 4) is 22.5 Å². The topological polar surface area (TPSA) is 41.4 Å². The van der Waals surface area contributed by atoms with Gasteiger partial charge in [0.1, 0.15) is 0 Å². The van der Waals surface area contributed by atoms with E-state index < -0.39 is 11.7 Å². The Morgan fingerprint density at radius 1 is 0.750 bits per heavy atom. The maximum absolute atomic E-state index is 12.8. The van der Waals surface area contributed by atoms with Crippen LogP contribution in [0.3, 0.4) is 0 Å². The van der Waals surface area contributed by atoms with Gasteiger partial charge in [-0.05, 0) is 23.8 Å². The molecule has 4 nitrogen and oxygen atoms in total. The summed E-state index contributed by atoms with van der Waals surface area (Å²) in [5.74, 6) is 0.369. The van der Waals surface area contributed by atoms with Gasteiger partial charge in [0.25, 0.3) is 0 Å². The molecule has 0 bridgehead atoms. The van der Waals surface area contributed by atoms with E-state index in [4.69, 9.17) is 0 Å². The lowest BCUT2D eigenvalue weighted by atomic mass is 10.1. The van der Waals surface area contributed by atoms with E-state index in [1.54, 1.807) is 7.05 Å². The van der Waals surface area contributed by atoms with Gasteiger partial charge in [0.05, 0.1) is 23.2 Å². The number of nitrogens with zero attached hydrogens (tertiary/aromatic N) is 4. The summed E-state index contributed by atoms with van der Waals surface area (Å²) < 4.78 is 38.3. The van der Waals surface area contributed by atoms with E-state index in [9.17, 15) is 13.2 Å². The smallest absolute Gasteiger partial charge is 0.235 e. The van der Waals surface area contributed by atoms with Gasteiger partial charge in [-0.25, -0.2) is 15.0 Å². The van der Waals surface area contributed by atoms with E-state index in [-0.39, 0.29) is 0 Å². The lowest BCUT2D eigenvalue weighted by Crippen LogP contribution is -2.13. The zero-order chi connectivity index (χ0) is 22.6. The Kier molecular flexibility index (Phi) is 5.98. The third-order valence-corrected chi connectivity index (χ3v) is 4.76. The Balaban J connectivity index is 1.66. The quantitative estimate of drug-likeness (QED) is 0.275. The maximum Gasteiger partial charge on any atom is 0.416 e. The molecule has 4 aromatic rings. The lowest BCUT2D eigenvalue weighted by molar-refractivity contribution is -0.137. The number of aromatic nitrogens is 2. The number of rotatable bonds is 5. The SMILES string of the molecule is CN(/N=C/c1ccc(C(F)(F)F)cc1)c1nc(-c2ccccc2)cc(-c2ccccc2)n1. The Bertz CT molecular complexity index is 1150. The van der Waals surface area contributed by atoms with Crippen molar-refractivity contribution in [1.29, 1.82) is 0 Å². The fourth-order valence-electron chi connectivity index (χ4n) is 3.06. The number of halogens is 3. The van der Waals surface area contributed by atoms with Crippen molar-refractivity contribution in [3.63, 3.8) is 0 Å². The largest absolute Gasteiger partial charge is 0.416 e. The maximum atomic E-state index is 12.8. The van der Waals surface area contributed by atoms with Crippen molar-refractivity contribution in [2.75, 3.05) is 12.1 Å². The molecule has 0 radical (unpaired) electrons. The lowest BCUT2D eigenvalue weighted by Gasteiger charge is -2.14. The summed E-state index contributed by atoms with van der Waals surface area (Å²) in [4.78, 5) is 9.28. The second-order valence-corrected chi connectivity index (χ2v) is 7.06. The molecular formula is C25H19F3N4. The molecule has 0 aliphatic carbocycles. The zero-order valence-electron chi connectivity index (χ0n) is 17.2. The van der Waals surface area contributed by atoms with Crippen LogP contribution in [0.2, 0.25) is 0 Å². The highest BCUT2D eigenvalue weighted by Crippen LogP contribution is 2.29. The van der Waals surface area contributed by atoms with Crippen molar-refractivity contribution >= 4 is 12.2 Å². The molecule has 0 aliphatic rings. The van der Waals surface area contributed by atoms with Gasteiger partial charge >= 0.3 is 6.18 Å². The Hall–Kier alpha value is -4.00. The minimum Gasteiger partial charge on any atom is -0.235 e. The third kappa shape index (κ3) is 5.00. The summed E-state index contributed by atoms with van der Waals surface area (Å²) in [5, 5.41) is 5.82. The van der Waals surface area contributed by atoms with Crippen LogP contribution in [0.15, 0.2) is 96.1 Å². The van der Waals surface area contributed by atoms with Crippen molar-refractivity contribution in [1.82, 2.24) is 9.97 Å². The van der Waals surface area contributed by atoms with Crippen LogP contribution in [-0.4, -0.2) is 23.2 Å². The van der Waals surface area contributed by atoms with Crippen LogP contribution in [-0.2, 0) is 6.18 Å². The van der Waals surface area contributed by atoms with E-state index in [0.29, 0.717) is 11.5 Å². The molecule has 7 heteroatoms. The molecule has 160 valence electrons.